The first-order valence-electron chi connectivity index (χ1n) is 13.7. The van der Waals surface area contributed by atoms with E-state index in [1.165, 1.54) is 6.42 Å². The smallest absolute Gasteiger partial charge is 0.412 e. The number of carboxylic acid groups (broad SMARTS) is 1. The standard InChI is InChI=1S/C22H27N3O4.C9H11NO2.ClH.H2O/c26-21(23-18-10-4-1-5-11-18)28-17-20(16-25-14-8-3-9-15-25)29-22(27)24-19-12-6-2-7-13-19;1-2-10-8-6-4-3-5-7(8)9(11)12;;/h1-2,4-7,10-13,20H,3,8-9,14-17H2,(H,23,26)(H,24,27);3-6,10H,2H2,1H3,(H,11,12);1H;1H2. The first kappa shape index (κ1) is 36.7. The molecule has 6 N–H and O–H groups in total. The molecule has 0 aliphatic carbocycles. The van der Waals surface area contributed by atoms with Crippen molar-refractivity contribution in [2.75, 3.05) is 48.7 Å². The Bertz CT molecular complexity index is 1230. The number of carbonyl (C=O) groups is 3. The molecule has 0 radical (unpaired) electrons. The minimum atomic E-state index is -0.897. The molecule has 12 heteroatoms. The largest absolute Gasteiger partial charge is 0.478 e. The Labute approximate surface area is 258 Å². The number of nitrogens with one attached hydrogen (secondary N) is 3. The lowest BCUT2D eigenvalue weighted by Gasteiger charge is -2.30. The van der Waals surface area contributed by atoms with Gasteiger partial charge in [0.2, 0.25) is 0 Å². The van der Waals surface area contributed by atoms with Crippen LogP contribution in [0, 0.1) is 0 Å². The van der Waals surface area contributed by atoms with Gasteiger partial charge in [-0.2, -0.15) is 0 Å². The summed E-state index contributed by atoms with van der Waals surface area (Å²) in [5.74, 6) is -0.897. The maximum Gasteiger partial charge on any atom is 0.412 e. The molecule has 1 unspecified atom stereocenters. The minimum absolute atomic E-state index is 0. The summed E-state index contributed by atoms with van der Waals surface area (Å²) in [4.78, 5) is 37.3. The summed E-state index contributed by atoms with van der Waals surface area (Å²) in [6.45, 7) is 5.08. The Hall–Kier alpha value is -4.32. The van der Waals surface area contributed by atoms with Crippen LogP contribution in [-0.2, 0) is 9.47 Å². The van der Waals surface area contributed by atoms with E-state index in [0.717, 1.165) is 32.5 Å². The highest BCUT2D eigenvalue weighted by atomic mass is 35.5. The molecule has 11 nitrogen and oxygen atoms in total. The highest BCUT2D eigenvalue weighted by Crippen LogP contribution is 2.14. The summed E-state index contributed by atoms with van der Waals surface area (Å²) in [6, 6.07) is 25.0. The van der Waals surface area contributed by atoms with Crippen LogP contribution in [0.2, 0.25) is 0 Å². The maximum atomic E-state index is 12.3. The second-order valence-corrected chi connectivity index (χ2v) is 9.35. The predicted molar refractivity (Wildman–Crippen MR) is 170 cm³/mol. The van der Waals surface area contributed by atoms with Gasteiger partial charge in [-0.1, -0.05) is 55.0 Å². The highest BCUT2D eigenvalue weighted by molar-refractivity contribution is 5.94. The third kappa shape index (κ3) is 13.9. The van der Waals surface area contributed by atoms with Crippen molar-refractivity contribution in [1.29, 1.82) is 0 Å². The van der Waals surface area contributed by atoms with Crippen LogP contribution in [0.15, 0.2) is 84.9 Å². The lowest BCUT2D eigenvalue weighted by molar-refractivity contribution is 0.0299. The summed E-state index contributed by atoms with van der Waals surface area (Å²) in [5, 5.41) is 17.1. The SMILES string of the molecule is CCNc1ccccc1C(=O)O.Cl.O.O=C(Nc1ccccc1)OCC(CN1CCCCC1)OC(=O)Nc1ccccc1. The monoisotopic (exact) mass is 616 g/mol. The van der Waals surface area contributed by atoms with Gasteiger partial charge in [0.25, 0.3) is 0 Å². The number of aromatic carboxylic acids is 1. The van der Waals surface area contributed by atoms with Crippen LogP contribution in [-0.4, -0.2) is 72.5 Å². The second kappa shape index (κ2) is 20.5. The van der Waals surface area contributed by atoms with Gasteiger partial charge < -0.3 is 25.4 Å². The van der Waals surface area contributed by atoms with Crippen LogP contribution in [0.25, 0.3) is 0 Å². The lowest BCUT2D eigenvalue weighted by Crippen LogP contribution is -2.41. The van der Waals surface area contributed by atoms with Gasteiger partial charge in [-0.05, 0) is 69.3 Å². The Balaban J connectivity index is 0.000000559. The molecule has 3 aromatic rings. The van der Waals surface area contributed by atoms with E-state index in [0.29, 0.717) is 29.2 Å². The fourth-order valence-electron chi connectivity index (χ4n) is 4.23. The Morgan fingerprint density at radius 2 is 1.35 bits per heavy atom. The number of benzene rings is 3. The van der Waals surface area contributed by atoms with Crippen LogP contribution in [0.4, 0.5) is 26.7 Å². The molecule has 4 rings (SSSR count). The summed E-state index contributed by atoms with van der Waals surface area (Å²) in [7, 11) is 0. The number of carbonyl (C=O) groups excluding carboxylic acids is 2. The van der Waals surface area contributed by atoms with Gasteiger partial charge in [0.05, 0.1) is 5.56 Å². The third-order valence-electron chi connectivity index (χ3n) is 6.15. The number of likely N-dealkylation sites (tertiary alicyclic amines) is 1. The molecule has 1 saturated heterocycles. The molecule has 0 bridgehead atoms. The lowest BCUT2D eigenvalue weighted by atomic mass is 10.1. The average Bonchev–Trinajstić information content (AvgIpc) is 2.98. The van der Waals surface area contributed by atoms with Gasteiger partial charge in [-0.3, -0.25) is 15.5 Å². The zero-order valence-corrected chi connectivity index (χ0v) is 25.0. The molecule has 3 aromatic carbocycles. The normalized spacial score (nSPS) is 12.9. The first-order valence-corrected chi connectivity index (χ1v) is 13.7. The number of amides is 2. The van der Waals surface area contributed by atoms with Crippen molar-refractivity contribution in [1.82, 2.24) is 4.90 Å². The van der Waals surface area contributed by atoms with Crippen LogP contribution < -0.4 is 16.0 Å². The van der Waals surface area contributed by atoms with Gasteiger partial charge in [0, 0.05) is 30.2 Å². The van der Waals surface area contributed by atoms with Gasteiger partial charge in [0.15, 0.2) is 6.10 Å². The molecule has 1 heterocycles. The topological polar surface area (TPSA) is 161 Å². The Morgan fingerprint density at radius 1 is 0.814 bits per heavy atom. The minimum Gasteiger partial charge on any atom is -0.478 e. The van der Waals surface area contributed by atoms with E-state index in [4.69, 9.17) is 14.6 Å². The molecule has 1 atom stereocenters. The summed E-state index contributed by atoms with van der Waals surface area (Å²) in [6.07, 6.45) is 1.76. The highest BCUT2D eigenvalue weighted by Gasteiger charge is 2.22. The average molecular weight is 617 g/mol. The number of carboxylic acids is 1. The van der Waals surface area contributed by atoms with E-state index in [1.807, 2.05) is 49.4 Å². The summed E-state index contributed by atoms with van der Waals surface area (Å²) in [5.41, 5.74) is 2.29. The zero-order chi connectivity index (χ0) is 29.3. The number of anilines is 3. The molecule has 0 saturated carbocycles. The summed E-state index contributed by atoms with van der Waals surface area (Å²) < 4.78 is 10.9. The maximum absolute atomic E-state index is 12.3. The fraction of sp³-hybridized carbons (Fsp3) is 0.323. The van der Waals surface area contributed by atoms with Crippen LogP contribution in [0.1, 0.15) is 36.5 Å². The number of halogens is 1. The molecule has 0 aromatic heterocycles. The van der Waals surface area contributed by atoms with Crippen molar-refractivity contribution in [3.8, 4) is 0 Å². The molecule has 0 spiro atoms. The van der Waals surface area contributed by atoms with Crippen molar-refractivity contribution < 1.29 is 34.4 Å². The number of hydrogen-bond acceptors (Lipinski definition) is 7. The van der Waals surface area contributed by atoms with E-state index in [1.54, 1.807) is 42.5 Å². The van der Waals surface area contributed by atoms with Crippen LogP contribution in [0.3, 0.4) is 0 Å². The number of hydrogen-bond donors (Lipinski definition) is 4. The van der Waals surface area contributed by atoms with Crippen LogP contribution in [0.5, 0.6) is 0 Å². The van der Waals surface area contributed by atoms with Crippen molar-refractivity contribution in [3.05, 3.63) is 90.5 Å². The van der Waals surface area contributed by atoms with Crippen molar-refractivity contribution in [2.24, 2.45) is 0 Å². The number of ether oxygens (including phenoxy) is 2. The molecular formula is C31H41ClN4O7. The van der Waals surface area contributed by atoms with E-state index >= 15 is 0 Å². The quantitative estimate of drug-likeness (QED) is 0.224. The van der Waals surface area contributed by atoms with E-state index in [9.17, 15) is 14.4 Å². The van der Waals surface area contributed by atoms with Crippen LogP contribution >= 0.6 is 12.4 Å². The molecule has 1 aliphatic rings. The van der Waals surface area contributed by atoms with Crippen molar-refractivity contribution >= 4 is 47.6 Å². The van der Waals surface area contributed by atoms with Crippen molar-refractivity contribution in [2.45, 2.75) is 32.3 Å². The number of para-hydroxylation sites is 3. The molecule has 1 aliphatic heterocycles. The predicted octanol–water partition coefficient (Wildman–Crippen LogP) is 5.75. The van der Waals surface area contributed by atoms with E-state index < -0.39 is 24.3 Å². The number of rotatable bonds is 10. The van der Waals surface area contributed by atoms with Gasteiger partial charge in [-0.15, -0.1) is 12.4 Å². The van der Waals surface area contributed by atoms with E-state index in [2.05, 4.69) is 20.9 Å². The number of nitrogens with zero attached hydrogens (tertiary/aromatic N) is 1. The van der Waals surface area contributed by atoms with Gasteiger partial charge in [0.1, 0.15) is 6.61 Å². The molecule has 43 heavy (non-hydrogen) atoms. The first-order chi connectivity index (χ1) is 19.9. The molecule has 2 amide bonds. The van der Waals surface area contributed by atoms with Gasteiger partial charge >= 0.3 is 18.2 Å². The molecule has 234 valence electrons. The summed E-state index contributed by atoms with van der Waals surface area (Å²) >= 11 is 0. The Morgan fingerprint density at radius 3 is 1.91 bits per heavy atom. The van der Waals surface area contributed by atoms with E-state index in [-0.39, 0.29) is 24.5 Å². The van der Waals surface area contributed by atoms with Crippen molar-refractivity contribution in [3.63, 3.8) is 0 Å². The fourth-order valence-corrected chi connectivity index (χ4v) is 4.23. The van der Waals surface area contributed by atoms with Gasteiger partial charge in [-0.25, -0.2) is 14.4 Å². The second-order valence-electron chi connectivity index (χ2n) is 9.35. The third-order valence-corrected chi connectivity index (χ3v) is 6.15. The molecule has 1 fully saturated rings. The zero-order valence-electron chi connectivity index (χ0n) is 24.2. The Kier molecular flexibility index (Phi) is 17.5. The number of piperidine rings is 1. The molecular weight excluding hydrogens is 576 g/mol.